The molecule has 2 nitrogen and oxygen atoms in total. The SMILES string of the molecule is Cc1cc(Br)cc(-n2ccc3c2CCCC3O)c1. The van der Waals surface area contributed by atoms with Crippen LogP contribution in [0, 0.1) is 6.92 Å². The zero-order chi connectivity index (χ0) is 12.7. The van der Waals surface area contributed by atoms with E-state index in [4.69, 9.17) is 0 Å². The molecule has 1 heterocycles. The number of fused-ring (bicyclic) bond motifs is 1. The molecule has 0 amide bonds. The van der Waals surface area contributed by atoms with Gasteiger partial charge in [0.2, 0.25) is 0 Å². The molecule has 1 atom stereocenters. The Morgan fingerprint density at radius 1 is 1.33 bits per heavy atom. The van der Waals surface area contributed by atoms with Gasteiger partial charge in [-0.2, -0.15) is 0 Å². The highest BCUT2D eigenvalue weighted by molar-refractivity contribution is 9.10. The normalized spacial score (nSPS) is 18.7. The molecule has 3 rings (SSSR count). The third kappa shape index (κ3) is 2.02. The number of benzene rings is 1. The zero-order valence-corrected chi connectivity index (χ0v) is 11.9. The summed E-state index contributed by atoms with van der Waals surface area (Å²) in [5.74, 6) is 0. The van der Waals surface area contributed by atoms with E-state index in [1.54, 1.807) is 0 Å². The van der Waals surface area contributed by atoms with Crippen molar-refractivity contribution in [3.8, 4) is 5.69 Å². The fourth-order valence-corrected chi connectivity index (χ4v) is 3.36. The number of halogens is 1. The Labute approximate surface area is 115 Å². The number of hydrogen-bond acceptors (Lipinski definition) is 1. The molecule has 94 valence electrons. The lowest BCUT2D eigenvalue weighted by Gasteiger charge is -2.20. The van der Waals surface area contributed by atoms with Crippen molar-refractivity contribution in [3.05, 3.63) is 51.8 Å². The van der Waals surface area contributed by atoms with Gasteiger partial charge < -0.3 is 9.67 Å². The minimum absolute atomic E-state index is 0.289. The summed E-state index contributed by atoms with van der Waals surface area (Å²) >= 11 is 3.54. The van der Waals surface area contributed by atoms with E-state index in [1.165, 1.54) is 11.3 Å². The first-order valence-corrected chi connectivity index (χ1v) is 7.10. The molecule has 18 heavy (non-hydrogen) atoms. The molecule has 0 bridgehead atoms. The minimum Gasteiger partial charge on any atom is -0.388 e. The Hall–Kier alpha value is -1.06. The predicted octanol–water partition coefficient (Wildman–Crippen LogP) is 3.92. The van der Waals surface area contributed by atoms with E-state index in [9.17, 15) is 5.11 Å². The fraction of sp³-hybridized carbons (Fsp3) is 0.333. The molecule has 0 saturated carbocycles. The van der Waals surface area contributed by atoms with Crippen LogP contribution in [0.4, 0.5) is 0 Å². The largest absolute Gasteiger partial charge is 0.388 e. The maximum atomic E-state index is 10.0. The number of aliphatic hydroxyl groups is 1. The van der Waals surface area contributed by atoms with Crippen LogP contribution in [0.5, 0.6) is 0 Å². The van der Waals surface area contributed by atoms with E-state index in [-0.39, 0.29) is 6.10 Å². The lowest BCUT2D eigenvalue weighted by atomic mass is 9.95. The van der Waals surface area contributed by atoms with Crippen molar-refractivity contribution in [1.82, 2.24) is 4.57 Å². The molecular weight excluding hydrogens is 290 g/mol. The summed E-state index contributed by atoms with van der Waals surface area (Å²) in [5.41, 5.74) is 4.75. The summed E-state index contributed by atoms with van der Waals surface area (Å²) in [6.45, 7) is 2.10. The molecule has 0 spiro atoms. The third-order valence-corrected chi connectivity index (χ3v) is 4.04. The van der Waals surface area contributed by atoms with Gasteiger partial charge in [0.25, 0.3) is 0 Å². The van der Waals surface area contributed by atoms with Crippen LogP contribution in [0.1, 0.15) is 35.8 Å². The van der Waals surface area contributed by atoms with Crippen molar-refractivity contribution in [3.63, 3.8) is 0 Å². The van der Waals surface area contributed by atoms with Gasteiger partial charge in [-0.1, -0.05) is 15.9 Å². The first kappa shape index (κ1) is 12.0. The highest BCUT2D eigenvalue weighted by Crippen LogP contribution is 2.32. The molecule has 0 saturated heterocycles. The summed E-state index contributed by atoms with van der Waals surface area (Å²) in [7, 11) is 0. The van der Waals surface area contributed by atoms with Crippen LogP contribution >= 0.6 is 15.9 Å². The topological polar surface area (TPSA) is 25.2 Å². The molecule has 0 radical (unpaired) electrons. The van der Waals surface area contributed by atoms with Gasteiger partial charge in [0, 0.05) is 27.6 Å². The average molecular weight is 306 g/mol. The van der Waals surface area contributed by atoms with Crippen LogP contribution in [0.3, 0.4) is 0 Å². The summed E-state index contributed by atoms with van der Waals surface area (Å²) in [6, 6.07) is 8.45. The first-order valence-electron chi connectivity index (χ1n) is 6.31. The second-order valence-electron chi connectivity index (χ2n) is 4.98. The number of hydrogen-bond donors (Lipinski definition) is 1. The van der Waals surface area contributed by atoms with Gasteiger partial charge >= 0.3 is 0 Å². The lowest BCUT2D eigenvalue weighted by Crippen LogP contribution is -2.11. The van der Waals surface area contributed by atoms with Crippen molar-refractivity contribution < 1.29 is 5.11 Å². The van der Waals surface area contributed by atoms with Crippen LogP contribution in [0.2, 0.25) is 0 Å². The number of aryl methyl sites for hydroxylation is 1. The summed E-state index contributed by atoms with van der Waals surface area (Å²) in [4.78, 5) is 0. The smallest absolute Gasteiger partial charge is 0.0807 e. The highest BCUT2D eigenvalue weighted by atomic mass is 79.9. The Morgan fingerprint density at radius 2 is 2.17 bits per heavy atom. The Balaban J connectivity index is 2.12. The Kier molecular flexibility index (Phi) is 3.04. The summed E-state index contributed by atoms with van der Waals surface area (Å²) in [6.07, 6.45) is 4.77. The van der Waals surface area contributed by atoms with Gasteiger partial charge in [0.05, 0.1) is 6.10 Å². The summed E-state index contributed by atoms with van der Waals surface area (Å²) in [5, 5.41) is 10.0. The van der Waals surface area contributed by atoms with Gasteiger partial charge in [-0.15, -0.1) is 0 Å². The molecule has 1 aliphatic carbocycles. The maximum Gasteiger partial charge on any atom is 0.0807 e. The summed E-state index contributed by atoms with van der Waals surface area (Å²) < 4.78 is 3.30. The van der Waals surface area contributed by atoms with E-state index in [0.29, 0.717) is 0 Å². The molecule has 0 aliphatic heterocycles. The number of rotatable bonds is 1. The standard InChI is InChI=1S/C15H16BrNO/c1-10-7-11(16)9-12(8-10)17-6-5-13-14(17)3-2-4-15(13)18/h5-9,15,18H,2-4H2,1H3. The Morgan fingerprint density at radius 3 is 2.94 bits per heavy atom. The van der Waals surface area contributed by atoms with Crippen LogP contribution < -0.4 is 0 Å². The van der Waals surface area contributed by atoms with Gasteiger partial charge in [-0.05, 0) is 56.0 Å². The lowest BCUT2D eigenvalue weighted by molar-refractivity contribution is 0.156. The predicted molar refractivity (Wildman–Crippen MR) is 76.1 cm³/mol. The minimum atomic E-state index is -0.289. The number of nitrogens with zero attached hydrogens (tertiary/aromatic N) is 1. The molecule has 1 aliphatic rings. The fourth-order valence-electron chi connectivity index (χ4n) is 2.76. The number of aliphatic hydroxyl groups excluding tert-OH is 1. The quantitative estimate of drug-likeness (QED) is 0.849. The van der Waals surface area contributed by atoms with E-state index in [2.05, 4.69) is 57.9 Å². The van der Waals surface area contributed by atoms with E-state index >= 15 is 0 Å². The molecule has 1 aromatic carbocycles. The molecule has 1 unspecified atom stereocenters. The van der Waals surface area contributed by atoms with Crippen molar-refractivity contribution in [2.45, 2.75) is 32.3 Å². The highest BCUT2D eigenvalue weighted by Gasteiger charge is 2.21. The molecule has 3 heteroatoms. The van der Waals surface area contributed by atoms with Crippen molar-refractivity contribution >= 4 is 15.9 Å². The molecule has 2 aromatic rings. The van der Waals surface area contributed by atoms with Crippen LogP contribution in [-0.4, -0.2) is 9.67 Å². The van der Waals surface area contributed by atoms with Crippen LogP contribution in [0.25, 0.3) is 5.69 Å². The van der Waals surface area contributed by atoms with Crippen molar-refractivity contribution in [2.24, 2.45) is 0 Å². The second-order valence-corrected chi connectivity index (χ2v) is 5.90. The molecule has 1 N–H and O–H groups in total. The second kappa shape index (κ2) is 4.56. The number of aromatic nitrogens is 1. The third-order valence-electron chi connectivity index (χ3n) is 3.58. The van der Waals surface area contributed by atoms with Crippen LogP contribution in [0.15, 0.2) is 34.9 Å². The van der Waals surface area contributed by atoms with Gasteiger partial charge in [-0.25, -0.2) is 0 Å². The zero-order valence-electron chi connectivity index (χ0n) is 10.4. The van der Waals surface area contributed by atoms with E-state index in [1.807, 2.05) is 0 Å². The van der Waals surface area contributed by atoms with Crippen molar-refractivity contribution in [2.75, 3.05) is 0 Å². The average Bonchev–Trinajstić information content (AvgIpc) is 2.73. The van der Waals surface area contributed by atoms with Gasteiger partial charge in [0.15, 0.2) is 0 Å². The monoisotopic (exact) mass is 305 g/mol. The van der Waals surface area contributed by atoms with Gasteiger partial charge in [0.1, 0.15) is 0 Å². The van der Waals surface area contributed by atoms with E-state index < -0.39 is 0 Å². The first-order chi connectivity index (χ1) is 8.65. The molecule has 1 aromatic heterocycles. The molecule has 0 fully saturated rings. The maximum absolute atomic E-state index is 10.0. The Bertz CT molecular complexity index is 568. The van der Waals surface area contributed by atoms with Crippen LogP contribution in [-0.2, 0) is 6.42 Å². The van der Waals surface area contributed by atoms with Crippen molar-refractivity contribution in [1.29, 1.82) is 0 Å². The molecular formula is C15H16BrNO. The van der Waals surface area contributed by atoms with E-state index in [0.717, 1.165) is 35.0 Å². The van der Waals surface area contributed by atoms with Gasteiger partial charge in [-0.3, -0.25) is 0 Å².